The molecule has 5 aromatic rings. The standard InChI is InChI=1S/C28H31FN11O11PS/c1-45-14-4-2-13(3-5-14)7-46-21-16-8-47-52(41,42)50-20-15(48-27(17(20)29)39-11-36-18-23(30)32-9-34-25(18)39)6-38-53(43,44)51-22(21)28(49-16)40-12-37-19-24(31)33-10-35-26(19)40/h2-5,9-12,15-17,20-22,27-28,38H,6-8H2,1H3,(H,41,42)(H2,30,32,34)(H2,31,33,35)/t15-,16-,17-,20-,21?,22-,27?,28?/m1/s1. The molecule has 3 saturated heterocycles. The number of anilines is 2. The molecule has 3 aliphatic rings. The number of benzene rings is 1. The fourth-order valence-electron chi connectivity index (χ4n) is 6.32. The van der Waals surface area contributed by atoms with Crippen LogP contribution in [0.3, 0.4) is 0 Å². The van der Waals surface area contributed by atoms with E-state index in [4.69, 9.17) is 43.6 Å². The van der Waals surface area contributed by atoms with Gasteiger partial charge in [0.15, 0.2) is 47.7 Å². The number of nitrogens with one attached hydrogen (secondary N) is 1. The summed E-state index contributed by atoms with van der Waals surface area (Å²) in [7, 11) is -8.39. The van der Waals surface area contributed by atoms with E-state index in [1.54, 1.807) is 24.3 Å². The predicted molar refractivity (Wildman–Crippen MR) is 176 cm³/mol. The van der Waals surface area contributed by atoms with E-state index >= 15 is 4.39 Å². The molecule has 282 valence electrons. The van der Waals surface area contributed by atoms with Gasteiger partial charge < -0.3 is 35.3 Å². The van der Waals surface area contributed by atoms with Gasteiger partial charge in [0.25, 0.3) is 0 Å². The molecule has 8 rings (SSSR count). The second-order valence-electron chi connectivity index (χ2n) is 12.1. The molecule has 0 spiro atoms. The van der Waals surface area contributed by atoms with Crippen LogP contribution in [0.2, 0.25) is 0 Å². The van der Waals surface area contributed by atoms with Crippen molar-refractivity contribution in [2.45, 2.75) is 55.8 Å². The number of fused-ring (bicyclic) bond motifs is 5. The number of alkyl halides is 1. The molecule has 0 saturated carbocycles. The van der Waals surface area contributed by atoms with Crippen molar-refractivity contribution < 1.29 is 54.4 Å². The first-order chi connectivity index (χ1) is 25.4. The zero-order chi connectivity index (χ0) is 37.1. The molecule has 22 nitrogen and oxygen atoms in total. The van der Waals surface area contributed by atoms with Crippen LogP contribution < -0.4 is 20.9 Å². The Kier molecular flexibility index (Phi) is 9.21. The summed E-state index contributed by atoms with van der Waals surface area (Å²) in [5.41, 5.74) is 13.1. The number of nitrogens with zero attached hydrogens (tertiary/aromatic N) is 8. The molecule has 3 fully saturated rings. The average Bonchev–Trinajstić information content (AvgIpc) is 3.90. The number of imidazole rings is 2. The normalized spacial score (nSPS) is 31.8. The molecule has 0 radical (unpaired) electrons. The summed E-state index contributed by atoms with van der Waals surface area (Å²) in [5.74, 6) is 0.648. The Hall–Kier alpha value is -4.49. The topological polar surface area (TPSA) is 287 Å². The van der Waals surface area contributed by atoms with Gasteiger partial charge in [-0.25, -0.2) is 43.0 Å². The van der Waals surface area contributed by atoms with Crippen LogP contribution in [0.4, 0.5) is 16.0 Å². The highest BCUT2D eigenvalue weighted by Crippen LogP contribution is 2.50. The van der Waals surface area contributed by atoms with Crippen molar-refractivity contribution in [3.63, 3.8) is 0 Å². The Bertz CT molecular complexity index is 2300. The number of nitrogens with two attached hydrogens (primary N) is 2. The summed E-state index contributed by atoms with van der Waals surface area (Å²) in [6, 6.07) is 6.85. The van der Waals surface area contributed by atoms with Crippen LogP contribution in [0, 0.1) is 0 Å². The van der Waals surface area contributed by atoms with Crippen LogP contribution in [0.1, 0.15) is 18.0 Å². The van der Waals surface area contributed by atoms with Crippen molar-refractivity contribution >= 4 is 52.1 Å². The Morgan fingerprint density at radius 2 is 1.57 bits per heavy atom. The quantitative estimate of drug-likeness (QED) is 0.168. The number of phosphoric acid groups is 1. The Morgan fingerprint density at radius 3 is 2.21 bits per heavy atom. The highest BCUT2D eigenvalue weighted by atomic mass is 32.2. The van der Waals surface area contributed by atoms with Gasteiger partial charge >= 0.3 is 18.1 Å². The largest absolute Gasteiger partial charge is 0.497 e. The third kappa shape index (κ3) is 6.78. The first-order valence-electron chi connectivity index (χ1n) is 15.8. The van der Waals surface area contributed by atoms with Crippen molar-refractivity contribution in [3.8, 4) is 5.75 Å². The molecule has 4 aromatic heterocycles. The lowest BCUT2D eigenvalue weighted by Crippen LogP contribution is -2.44. The van der Waals surface area contributed by atoms with E-state index in [1.165, 1.54) is 35.2 Å². The van der Waals surface area contributed by atoms with Crippen LogP contribution in [-0.4, -0.2) is 109 Å². The van der Waals surface area contributed by atoms with Crippen LogP contribution in [0.25, 0.3) is 22.3 Å². The summed E-state index contributed by atoms with van der Waals surface area (Å²) in [6.07, 6.45) is -7.67. The monoisotopic (exact) mass is 779 g/mol. The first-order valence-corrected chi connectivity index (χ1v) is 18.7. The maximum Gasteiger partial charge on any atom is 0.472 e. The fraction of sp³-hybridized carbons (Fsp3) is 0.429. The fourth-order valence-corrected chi connectivity index (χ4v) is 8.21. The highest BCUT2D eigenvalue weighted by Gasteiger charge is 2.54. The molecule has 9 atom stereocenters. The molecular weight excluding hydrogens is 748 g/mol. The van der Waals surface area contributed by atoms with Gasteiger partial charge in [0, 0.05) is 6.54 Å². The van der Waals surface area contributed by atoms with E-state index in [-0.39, 0.29) is 40.6 Å². The summed E-state index contributed by atoms with van der Waals surface area (Å²) >= 11 is 0. The van der Waals surface area contributed by atoms with Crippen molar-refractivity contribution in [3.05, 3.63) is 55.1 Å². The third-order valence-electron chi connectivity index (χ3n) is 8.83. The lowest BCUT2D eigenvalue weighted by molar-refractivity contribution is -0.0672. The first kappa shape index (κ1) is 35.5. The van der Waals surface area contributed by atoms with Gasteiger partial charge in [0.2, 0.25) is 0 Å². The lowest BCUT2D eigenvalue weighted by atomic mass is 10.1. The second-order valence-corrected chi connectivity index (χ2v) is 14.9. The molecule has 53 heavy (non-hydrogen) atoms. The summed E-state index contributed by atoms with van der Waals surface area (Å²) in [5, 5.41) is 0. The zero-order valence-electron chi connectivity index (χ0n) is 27.4. The van der Waals surface area contributed by atoms with Crippen LogP contribution in [0.5, 0.6) is 5.75 Å². The van der Waals surface area contributed by atoms with Gasteiger partial charge in [-0.3, -0.25) is 18.2 Å². The van der Waals surface area contributed by atoms with E-state index in [1.807, 2.05) is 0 Å². The van der Waals surface area contributed by atoms with Crippen LogP contribution in [0.15, 0.2) is 49.6 Å². The van der Waals surface area contributed by atoms with Gasteiger partial charge in [0.1, 0.15) is 53.9 Å². The van der Waals surface area contributed by atoms with E-state index < -0.39 is 80.4 Å². The molecule has 7 heterocycles. The van der Waals surface area contributed by atoms with E-state index in [9.17, 15) is 17.9 Å². The second kappa shape index (κ2) is 13.7. The number of nitrogen functional groups attached to an aromatic ring is 2. The van der Waals surface area contributed by atoms with Gasteiger partial charge in [-0.1, -0.05) is 12.1 Å². The summed E-state index contributed by atoms with van der Waals surface area (Å²) < 4.78 is 102. The molecule has 0 amide bonds. The molecular formula is C28H31FN11O11PS. The minimum Gasteiger partial charge on any atom is -0.497 e. The van der Waals surface area contributed by atoms with Crippen molar-refractivity contribution in [1.82, 2.24) is 43.8 Å². The van der Waals surface area contributed by atoms with Crippen LogP contribution >= 0.6 is 7.82 Å². The average molecular weight is 780 g/mol. The van der Waals surface area contributed by atoms with E-state index in [0.29, 0.717) is 11.3 Å². The molecule has 3 aliphatic heterocycles. The Morgan fingerprint density at radius 1 is 0.943 bits per heavy atom. The molecule has 0 aliphatic carbocycles. The number of phosphoric ester groups is 1. The SMILES string of the molecule is COc1ccc(COC2[C@H]3OS(=O)(=O)NC[C@H]4OC(n5cnc6c(N)ncnc65)[C@H](F)[C@@H]4OP(=O)(O)OC[C@H]2OC3n2cnc3c(N)ncnc32)cc1. The van der Waals surface area contributed by atoms with E-state index in [2.05, 4.69) is 34.6 Å². The van der Waals surface area contributed by atoms with Crippen molar-refractivity contribution in [2.24, 2.45) is 0 Å². The van der Waals surface area contributed by atoms with Gasteiger partial charge in [0.05, 0.1) is 33.0 Å². The molecule has 6 N–H and O–H groups in total. The minimum absolute atomic E-state index is 0.0140. The summed E-state index contributed by atoms with van der Waals surface area (Å²) in [4.78, 5) is 35.4. The molecule has 25 heteroatoms. The van der Waals surface area contributed by atoms with E-state index in [0.717, 1.165) is 6.33 Å². The summed E-state index contributed by atoms with van der Waals surface area (Å²) in [6.45, 7) is -1.50. The maximum absolute atomic E-state index is 16.2. The molecule has 4 unspecified atom stereocenters. The zero-order valence-corrected chi connectivity index (χ0v) is 29.1. The third-order valence-corrected chi connectivity index (χ3v) is 10.8. The van der Waals surface area contributed by atoms with Gasteiger partial charge in [-0.2, -0.15) is 13.1 Å². The van der Waals surface area contributed by atoms with Gasteiger partial charge in [-0.05, 0) is 17.7 Å². The highest BCUT2D eigenvalue weighted by molar-refractivity contribution is 7.84. The van der Waals surface area contributed by atoms with Gasteiger partial charge in [-0.15, -0.1) is 0 Å². The maximum atomic E-state index is 16.2. The number of halogens is 1. The number of ether oxygens (including phenoxy) is 4. The minimum atomic E-state index is -5.14. The Labute approximate surface area is 298 Å². The number of rotatable bonds is 6. The molecule has 2 bridgehead atoms. The van der Waals surface area contributed by atoms with Crippen molar-refractivity contribution in [1.29, 1.82) is 0 Å². The number of hydrogen-bond acceptors (Lipinski definition) is 18. The number of aromatic nitrogens is 8. The molecule has 1 aromatic carbocycles. The van der Waals surface area contributed by atoms with Crippen molar-refractivity contribution in [2.75, 3.05) is 31.7 Å². The van der Waals surface area contributed by atoms with Crippen LogP contribution in [-0.2, 0) is 48.9 Å². The Balaban J connectivity index is 1.13. The number of methoxy groups -OCH3 is 1. The smallest absolute Gasteiger partial charge is 0.472 e. The number of hydrogen-bond donors (Lipinski definition) is 4. The predicted octanol–water partition coefficient (Wildman–Crippen LogP) is 0.293. The lowest BCUT2D eigenvalue weighted by Gasteiger charge is -2.25.